The van der Waals surface area contributed by atoms with Gasteiger partial charge in [-0.3, -0.25) is 4.68 Å². The maximum Gasteiger partial charge on any atom is 0.118 e. The lowest BCUT2D eigenvalue weighted by atomic mass is 10.1. The first kappa shape index (κ1) is 14.4. The van der Waals surface area contributed by atoms with E-state index >= 15 is 0 Å². The van der Waals surface area contributed by atoms with Crippen molar-refractivity contribution in [3.63, 3.8) is 0 Å². The lowest BCUT2D eigenvalue weighted by molar-refractivity contribution is 0.414. The number of halogens is 1. The molecule has 1 heterocycles. The van der Waals surface area contributed by atoms with Crippen molar-refractivity contribution in [1.29, 1.82) is 0 Å². The predicted octanol–water partition coefficient (Wildman–Crippen LogP) is 3.98. The van der Waals surface area contributed by atoms with Gasteiger partial charge < -0.3 is 4.74 Å². The van der Waals surface area contributed by atoms with Gasteiger partial charge in [-0.15, -0.1) is 0 Å². The standard InChI is InChI=1S/C15H19IN2O/c1-10(2)15-14(16)11(3)18(17-15)9-12-5-7-13(19-4)8-6-12/h5-8,10H,9H2,1-4H3. The van der Waals surface area contributed by atoms with E-state index in [4.69, 9.17) is 9.84 Å². The lowest BCUT2D eigenvalue weighted by Crippen LogP contribution is -2.04. The number of aromatic nitrogens is 2. The summed E-state index contributed by atoms with van der Waals surface area (Å²) in [5.74, 6) is 1.35. The Kier molecular flexibility index (Phi) is 4.50. The molecule has 0 N–H and O–H groups in total. The lowest BCUT2D eigenvalue weighted by Gasteiger charge is -2.06. The van der Waals surface area contributed by atoms with Crippen molar-refractivity contribution in [3.05, 3.63) is 44.8 Å². The molecule has 0 unspecified atom stereocenters. The summed E-state index contributed by atoms with van der Waals surface area (Å²) in [6.07, 6.45) is 0. The van der Waals surface area contributed by atoms with E-state index in [1.54, 1.807) is 7.11 Å². The number of benzene rings is 1. The molecule has 0 saturated carbocycles. The first-order valence-corrected chi connectivity index (χ1v) is 7.46. The van der Waals surface area contributed by atoms with E-state index in [0.29, 0.717) is 5.92 Å². The van der Waals surface area contributed by atoms with Crippen LogP contribution in [0.1, 0.15) is 36.7 Å². The van der Waals surface area contributed by atoms with Crippen LogP contribution >= 0.6 is 22.6 Å². The number of hydrogen-bond donors (Lipinski definition) is 0. The number of methoxy groups -OCH3 is 1. The van der Waals surface area contributed by atoms with Crippen molar-refractivity contribution in [2.75, 3.05) is 7.11 Å². The smallest absolute Gasteiger partial charge is 0.118 e. The summed E-state index contributed by atoms with van der Waals surface area (Å²) in [6.45, 7) is 7.30. The van der Waals surface area contributed by atoms with Gasteiger partial charge in [-0.2, -0.15) is 5.10 Å². The van der Waals surface area contributed by atoms with Crippen molar-refractivity contribution in [1.82, 2.24) is 9.78 Å². The maximum atomic E-state index is 5.17. The molecule has 2 aromatic rings. The molecule has 0 aliphatic rings. The summed E-state index contributed by atoms with van der Waals surface area (Å²) in [4.78, 5) is 0. The van der Waals surface area contributed by atoms with Crippen LogP contribution in [0, 0.1) is 10.5 Å². The normalized spacial score (nSPS) is 11.1. The molecule has 1 aromatic heterocycles. The third kappa shape index (κ3) is 3.11. The monoisotopic (exact) mass is 370 g/mol. The number of nitrogens with zero attached hydrogens (tertiary/aromatic N) is 2. The summed E-state index contributed by atoms with van der Waals surface area (Å²) < 4.78 is 8.54. The fourth-order valence-corrected chi connectivity index (χ4v) is 2.98. The Bertz CT molecular complexity index is 558. The molecule has 19 heavy (non-hydrogen) atoms. The van der Waals surface area contributed by atoms with Gasteiger partial charge in [-0.1, -0.05) is 26.0 Å². The van der Waals surface area contributed by atoms with Gasteiger partial charge in [-0.25, -0.2) is 0 Å². The molecule has 0 atom stereocenters. The number of rotatable bonds is 4. The van der Waals surface area contributed by atoms with Crippen LogP contribution < -0.4 is 4.74 Å². The van der Waals surface area contributed by atoms with Crippen LogP contribution in [-0.4, -0.2) is 16.9 Å². The van der Waals surface area contributed by atoms with Crippen molar-refractivity contribution >= 4 is 22.6 Å². The summed E-state index contributed by atoms with van der Waals surface area (Å²) >= 11 is 2.39. The quantitative estimate of drug-likeness (QED) is 0.762. The van der Waals surface area contributed by atoms with Crippen molar-refractivity contribution in [2.24, 2.45) is 0 Å². The topological polar surface area (TPSA) is 27.1 Å². The Balaban J connectivity index is 2.25. The van der Waals surface area contributed by atoms with Crippen molar-refractivity contribution in [3.8, 4) is 5.75 Å². The molecule has 0 spiro atoms. The second kappa shape index (κ2) is 5.94. The molecule has 3 nitrogen and oxygen atoms in total. The molecule has 0 amide bonds. The first-order valence-electron chi connectivity index (χ1n) is 6.38. The van der Waals surface area contributed by atoms with E-state index in [2.05, 4.69) is 60.2 Å². The van der Waals surface area contributed by atoms with Crippen LogP contribution in [0.15, 0.2) is 24.3 Å². The maximum absolute atomic E-state index is 5.17. The average molecular weight is 370 g/mol. The number of hydrogen-bond acceptors (Lipinski definition) is 2. The van der Waals surface area contributed by atoms with Gasteiger partial charge in [0, 0.05) is 5.69 Å². The second-order valence-corrected chi connectivity index (χ2v) is 6.02. The fraction of sp³-hybridized carbons (Fsp3) is 0.400. The van der Waals surface area contributed by atoms with E-state index in [1.165, 1.54) is 20.5 Å². The van der Waals surface area contributed by atoms with Crippen LogP contribution in [0.3, 0.4) is 0 Å². The minimum atomic E-state index is 0.461. The summed E-state index contributed by atoms with van der Waals surface area (Å²) in [5, 5.41) is 4.72. The third-order valence-electron chi connectivity index (χ3n) is 3.20. The van der Waals surface area contributed by atoms with Gasteiger partial charge in [0.05, 0.1) is 22.9 Å². The van der Waals surface area contributed by atoms with E-state index in [1.807, 2.05) is 12.1 Å². The van der Waals surface area contributed by atoms with E-state index < -0.39 is 0 Å². The molecule has 0 fully saturated rings. The summed E-state index contributed by atoms with van der Waals surface area (Å²) in [7, 11) is 1.68. The average Bonchev–Trinajstić information content (AvgIpc) is 2.68. The van der Waals surface area contributed by atoms with Crippen molar-refractivity contribution < 1.29 is 4.74 Å². The molecule has 2 rings (SSSR count). The molecule has 0 saturated heterocycles. The highest BCUT2D eigenvalue weighted by Crippen LogP contribution is 2.24. The van der Waals surface area contributed by atoms with Gasteiger partial charge >= 0.3 is 0 Å². The predicted molar refractivity (Wildman–Crippen MR) is 85.9 cm³/mol. The fourth-order valence-electron chi connectivity index (χ4n) is 1.97. The molecule has 4 heteroatoms. The van der Waals surface area contributed by atoms with Gasteiger partial charge in [0.15, 0.2) is 0 Å². The van der Waals surface area contributed by atoms with Gasteiger partial charge in [0.1, 0.15) is 5.75 Å². The minimum Gasteiger partial charge on any atom is -0.497 e. The molecule has 0 aliphatic heterocycles. The Morgan fingerprint density at radius 1 is 1.26 bits per heavy atom. The molecular formula is C15H19IN2O. The highest BCUT2D eigenvalue weighted by molar-refractivity contribution is 14.1. The van der Waals surface area contributed by atoms with Gasteiger partial charge in [-0.05, 0) is 53.1 Å². The zero-order chi connectivity index (χ0) is 14.0. The molecule has 0 aliphatic carbocycles. The van der Waals surface area contributed by atoms with Crippen molar-refractivity contribution in [2.45, 2.75) is 33.2 Å². The molecular weight excluding hydrogens is 351 g/mol. The largest absolute Gasteiger partial charge is 0.497 e. The molecule has 1 aromatic carbocycles. The summed E-state index contributed by atoms with van der Waals surface area (Å²) in [6, 6.07) is 8.15. The van der Waals surface area contributed by atoms with Crippen LogP contribution in [0.5, 0.6) is 5.75 Å². The van der Waals surface area contributed by atoms with Crippen LogP contribution in [-0.2, 0) is 6.54 Å². The molecule has 102 valence electrons. The Labute approximate surface area is 128 Å². The summed E-state index contributed by atoms with van der Waals surface area (Å²) in [5.41, 5.74) is 3.66. The minimum absolute atomic E-state index is 0.461. The first-order chi connectivity index (χ1) is 9.02. The zero-order valence-corrected chi connectivity index (χ0v) is 13.9. The SMILES string of the molecule is COc1ccc(Cn2nc(C(C)C)c(I)c2C)cc1. The van der Waals surface area contributed by atoms with Crippen LogP contribution in [0.2, 0.25) is 0 Å². The zero-order valence-electron chi connectivity index (χ0n) is 11.8. The van der Waals surface area contributed by atoms with Crippen LogP contribution in [0.25, 0.3) is 0 Å². The third-order valence-corrected chi connectivity index (χ3v) is 4.53. The molecule has 0 radical (unpaired) electrons. The van der Waals surface area contributed by atoms with Gasteiger partial charge in [0.25, 0.3) is 0 Å². The Hall–Kier alpha value is -1.04. The van der Waals surface area contributed by atoms with E-state index in [9.17, 15) is 0 Å². The Morgan fingerprint density at radius 3 is 2.37 bits per heavy atom. The number of ether oxygens (including phenoxy) is 1. The van der Waals surface area contributed by atoms with Gasteiger partial charge in [0.2, 0.25) is 0 Å². The second-order valence-electron chi connectivity index (χ2n) is 4.95. The van der Waals surface area contributed by atoms with E-state index in [-0.39, 0.29) is 0 Å². The van der Waals surface area contributed by atoms with Crippen LogP contribution in [0.4, 0.5) is 0 Å². The Morgan fingerprint density at radius 2 is 1.89 bits per heavy atom. The molecule has 0 bridgehead atoms. The highest BCUT2D eigenvalue weighted by Gasteiger charge is 2.14. The van der Waals surface area contributed by atoms with E-state index in [0.717, 1.165) is 12.3 Å². The highest BCUT2D eigenvalue weighted by atomic mass is 127.